The summed E-state index contributed by atoms with van der Waals surface area (Å²) in [5.41, 5.74) is 5.79. The smallest absolute Gasteiger partial charge is 0.243 e. The zero-order valence-electron chi connectivity index (χ0n) is 7.51. The molecule has 1 heterocycles. The maximum Gasteiger partial charge on any atom is 0.243 e. The first kappa shape index (κ1) is 10.8. The Balaban J connectivity index is 2.69. The summed E-state index contributed by atoms with van der Waals surface area (Å²) < 4.78 is 5.24. The minimum absolute atomic E-state index is 0.0721. The number of ether oxygens (including phenoxy) is 1. The third-order valence-electron chi connectivity index (χ3n) is 1.44. The Bertz CT molecular complexity index is 319. The predicted octanol–water partition coefficient (Wildman–Crippen LogP) is -0.128. The van der Waals surface area contributed by atoms with E-state index < -0.39 is 0 Å². The zero-order chi connectivity index (χ0) is 10.4. The van der Waals surface area contributed by atoms with Crippen molar-refractivity contribution in [2.24, 2.45) is 5.73 Å². The molecule has 0 aromatic carbocycles. The molecule has 0 aliphatic heterocycles. The fourth-order valence-electron chi connectivity index (χ4n) is 0.833. The van der Waals surface area contributed by atoms with Crippen molar-refractivity contribution in [1.29, 1.82) is 0 Å². The Labute approximate surface area is 86.9 Å². The maximum atomic E-state index is 8.56. The molecule has 0 aliphatic carbocycles. The number of aliphatic hydroxyl groups is 1. The summed E-state index contributed by atoms with van der Waals surface area (Å²) in [6.07, 6.45) is 3.52. The van der Waals surface area contributed by atoms with Crippen molar-refractivity contribution in [1.82, 2.24) is 9.97 Å². The van der Waals surface area contributed by atoms with Crippen molar-refractivity contribution >= 4 is 17.2 Å². The van der Waals surface area contributed by atoms with Gasteiger partial charge in [0.2, 0.25) is 5.88 Å². The van der Waals surface area contributed by atoms with Gasteiger partial charge in [-0.05, 0) is 0 Å². The standard InChI is InChI=1S/C8H11N3O2S/c9-7(14)6-8(11-3-2-10-6)13-5-1-4-12/h2-3,12H,1,4-5H2,(H2,9,14). The van der Waals surface area contributed by atoms with Crippen LogP contribution in [0.15, 0.2) is 12.4 Å². The molecule has 3 N–H and O–H groups in total. The molecule has 0 unspecified atom stereocenters. The molecule has 5 nitrogen and oxygen atoms in total. The van der Waals surface area contributed by atoms with Crippen LogP contribution in [0.4, 0.5) is 0 Å². The number of nitrogens with two attached hydrogens (primary N) is 1. The van der Waals surface area contributed by atoms with Gasteiger partial charge in [-0.15, -0.1) is 0 Å². The van der Waals surface area contributed by atoms with Gasteiger partial charge >= 0.3 is 0 Å². The predicted molar refractivity (Wildman–Crippen MR) is 55.1 cm³/mol. The minimum Gasteiger partial charge on any atom is -0.476 e. The molecule has 0 atom stereocenters. The molecular formula is C8H11N3O2S. The van der Waals surface area contributed by atoms with Crippen LogP contribution in [0.3, 0.4) is 0 Å². The second-order valence-corrected chi connectivity index (χ2v) is 2.94. The van der Waals surface area contributed by atoms with Crippen molar-refractivity contribution < 1.29 is 9.84 Å². The average Bonchev–Trinajstić information content (AvgIpc) is 2.19. The Morgan fingerprint density at radius 2 is 2.21 bits per heavy atom. The summed E-state index contributed by atoms with van der Waals surface area (Å²) in [6, 6.07) is 0. The van der Waals surface area contributed by atoms with Gasteiger partial charge < -0.3 is 15.6 Å². The summed E-state index contributed by atoms with van der Waals surface area (Å²) in [5.74, 6) is 0.313. The van der Waals surface area contributed by atoms with Gasteiger partial charge in [-0.2, -0.15) is 0 Å². The van der Waals surface area contributed by atoms with Gasteiger partial charge in [0.05, 0.1) is 6.61 Å². The highest BCUT2D eigenvalue weighted by atomic mass is 32.1. The lowest BCUT2D eigenvalue weighted by atomic mass is 10.4. The first-order valence-corrected chi connectivity index (χ1v) is 4.51. The van der Waals surface area contributed by atoms with Crippen molar-refractivity contribution in [2.45, 2.75) is 6.42 Å². The fourth-order valence-corrected chi connectivity index (χ4v) is 0.973. The van der Waals surface area contributed by atoms with Crippen LogP contribution in [0.2, 0.25) is 0 Å². The maximum absolute atomic E-state index is 8.56. The quantitative estimate of drug-likeness (QED) is 0.524. The highest BCUT2D eigenvalue weighted by Crippen LogP contribution is 2.10. The van der Waals surface area contributed by atoms with Gasteiger partial charge in [0.25, 0.3) is 0 Å². The van der Waals surface area contributed by atoms with Crippen LogP contribution < -0.4 is 10.5 Å². The van der Waals surface area contributed by atoms with E-state index >= 15 is 0 Å². The molecule has 0 spiro atoms. The van der Waals surface area contributed by atoms with E-state index in [-0.39, 0.29) is 11.6 Å². The summed E-state index contributed by atoms with van der Waals surface area (Å²) in [4.78, 5) is 8.03. The largest absolute Gasteiger partial charge is 0.476 e. The molecular weight excluding hydrogens is 202 g/mol. The van der Waals surface area contributed by atoms with Crippen LogP contribution >= 0.6 is 12.2 Å². The first-order valence-electron chi connectivity index (χ1n) is 4.10. The lowest BCUT2D eigenvalue weighted by molar-refractivity contribution is 0.228. The number of hydrogen-bond donors (Lipinski definition) is 2. The molecule has 14 heavy (non-hydrogen) atoms. The lowest BCUT2D eigenvalue weighted by Crippen LogP contribution is -2.15. The summed E-state index contributed by atoms with van der Waals surface area (Å²) >= 11 is 4.77. The minimum atomic E-state index is 0.0721. The molecule has 0 amide bonds. The molecule has 0 fully saturated rings. The topological polar surface area (TPSA) is 81.3 Å². The van der Waals surface area contributed by atoms with E-state index in [1.807, 2.05) is 0 Å². The van der Waals surface area contributed by atoms with E-state index in [0.29, 0.717) is 24.6 Å². The third-order valence-corrected chi connectivity index (χ3v) is 1.63. The molecule has 0 bridgehead atoms. The lowest BCUT2D eigenvalue weighted by Gasteiger charge is -2.06. The van der Waals surface area contributed by atoms with Crippen molar-refractivity contribution in [3.05, 3.63) is 18.1 Å². The van der Waals surface area contributed by atoms with Crippen molar-refractivity contribution in [3.8, 4) is 5.88 Å². The third kappa shape index (κ3) is 2.90. The van der Waals surface area contributed by atoms with Crippen LogP contribution in [0, 0.1) is 0 Å². The summed E-state index contributed by atoms with van der Waals surface area (Å²) in [7, 11) is 0. The molecule has 0 radical (unpaired) electrons. The van der Waals surface area contributed by atoms with Crippen LogP contribution in [-0.2, 0) is 0 Å². The van der Waals surface area contributed by atoms with Gasteiger partial charge in [0.15, 0.2) is 5.69 Å². The van der Waals surface area contributed by atoms with Gasteiger partial charge in [0, 0.05) is 25.4 Å². The fraction of sp³-hybridized carbons (Fsp3) is 0.375. The number of rotatable bonds is 5. The zero-order valence-corrected chi connectivity index (χ0v) is 8.33. The molecule has 0 saturated heterocycles. The highest BCUT2D eigenvalue weighted by Gasteiger charge is 2.08. The van der Waals surface area contributed by atoms with Crippen LogP contribution in [0.25, 0.3) is 0 Å². The van der Waals surface area contributed by atoms with Gasteiger partial charge in [-0.1, -0.05) is 12.2 Å². The molecule has 1 rings (SSSR count). The Morgan fingerprint density at radius 1 is 1.50 bits per heavy atom. The van der Waals surface area contributed by atoms with E-state index in [1.165, 1.54) is 12.4 Å². The van der Waals surface area contributed by atoms with Crippen molar-refractivity contribution in [2.75, 3.05) is 13.2 Å². The van der Waals surface area contributed by atoms with Crippen LogP contribution in [-0.4, -0.2) is 33.3 Å². The molecule has 1 aromatic rings. The Hall–Kier alpha value is -1.27. The molecule has 0 saturated carbocycles. The average molecular weight is 213 g/mol. The van der Waals surface area contributed by atoms with Gasteiger partial charge in [-0.3, -0.25) is 0 Å². The van der Waals surface area contributed by atoms with Gasteiger partial charge in [0.1, 0.15) is 4.99 Å². The van der Waals surface area contributed by atoms with E-state index in [4.69, 9.17) is 27.8 Å². The SMILES string of the molecule is NC(=S)c1nccnc1OCCCO. The second kappa shape index (κ2) is 5.46. The van der Waals surface area contributed by atoms with E-state index in [1.54, 1.807) is 0 Å². The monoisotopic (exact) mass is 213 g/mol. The molecule has 1 aromatic heterocycles. The number of aliphatic hydroxyl groups excluding tert-OH is 1. The van der Waals surface area contributed by atoms with E-state index in [2.05, 4.69) is 9.97 Å². The summed E-state index contributed by atoms with van der Waals surface area (Å²) in [6.45, 7) is 0.438. The van der Waals surface area contributed by atoms with Crippen LogP contribution in [0.5, 0.6) is 5.88 Å². The number of thiocarbonyl (C=S) groups is 1. The van der Waals surface area contributed by atoms with E-state index in [9.17, 15) is 0 Å². The molecule has 6 heteroatoms. The molecule has 0 aliphatic rings. The first-order chi connectivity index (χ1) is 6.75. The summed E-state index contributed by atoms with van der Waals surface area (Å²) in [5, 5.41) is 8.56. The molecule has 76 valence electrons. The Morgan fingerprint density at radius 3 is 2.86 bits per heavy atom. The van der Waals surface area contributed by atoms with Crippen LogP contribution in [0.1, 0.15) is 12.1 Å². The number of aromatic nitrogens is 2. The number of nitrogens with zero attached hydrogens (tertiary/aromatic N) is 2. The Kier molecular flexibility index (Phi) is 4.21. The second-order valence-electron chi connectivity index (χ2n) is 2.50. The number of hydrogen-bond acceptors (Lipinski definition) is 5. The van der Waals surface area contributed by atoms with E-state index in [0.717, 1.165) is 0 Å². The van der Waals surface area contributed by atoms with Gasteiger partial charge in [-0.25, -0.2) is 9.97 Å². The van der Waals surface area contributed by atoms with Crippen molar-refractivity contribution in [3.63, 3.8) is 0 Å². The highest BCUT2D eigenvalue weighted by molar-refractivity contribution is 7.80. The normalized spacial score (nSPS) is 9.79.